The van der Waals surface area contributed by atoms with Crippen molar-refractivity contribution in [2.45, 2.75) is 26.3 Å². The van der Waals surface area contributed by atoms with E-state index in [0.29, 0.717) is 13.2 Å². The van der Waals surface area contributed by atoms with Crippen molar-refractivity contribution in [3.63, 3.8) is 0 Å². The van der Waals surface area contributed by atoms with E-state index in [0.717, 1.165) is 6.42 Å². The molecule has 0 aliphatic heterocycles. The smallest absolute Gasteiger partial charge is 0.317 e. The number of methoxy groups -OCH3 is 1. The number of urea groups is 1. The van der Waals surface area contributed by atoms with Gasteiger partial charge in [0, 0.05) is 42.9 Å². The molecule has 1 unspecified atom stereocenters. The number of amides is 2. The minimum absolute atomic E-state index is 0.0483. The Bertz CT molecular complexity index is 379. The number of rotatable bonds is 6. The molecule has 0 aromatic carbocycles. The van der Waals surface area contributed by atoms with Crippen molar-refractivity contribution in [3.8, 4) is 0 Å². The first-order valence-electron chi connectivity index (χ1n) is 6.08. The van der Waals surface area contributed by atoms with Gasteiger partial charge < -0.3 is 15.0 Å². The molecule has 0 aliphatic rings. The Morgan fingerprint density at radius 2 is 2.28 bits per heavy atom. The third kappa shape index (κ3) is 5.06. The number of aryl methyl sites for hydroxylation is 1. The van der Waals surface area contributed by atoms with E-state index in [4.69, 9.17) is 4.74 Å². The fourth-order valence-corrected chi connectivity index (χ4v) is 2.62. The summed E-state index contributed by atoms with van der Waals surface area (Å²) in [6.07, 6.45) is 0.877. The first-order valence-corrected chi connectivity index (χ1v) is 6.90. The van der Waals surface area contributed by atoms with Crippen molar-refractivity contribution in [2.24, 2.45) is 0 Å². The van der Waals surface area contributed by atoms with Crippen LogP contribution in [0.2, 0.25) is 0 Å². The molecule has 2 amide bonds. The molecule has 0 aliphatic carbocycles. The summed E-state index contributed by atoms with van der Waals surface area (Å²) in [6, 6.07) is 4.32. The van der Waals surface area contributed by atoms with Crippen molar-refractivity contribution in [1.82, 2.24) is 10.2 Å². The van der Waals surface area contributed by atoms with E-state index in [-0.39, 0.29) is 12.1 Å². The highest BCUT2D eigenvalue weighted by Crippen LogP contribution is 2.16. The molecule has 4 nitrogen and oxygen atoms in total. The van der Waals surface area contributed by atoms with Crippen LogP contribution in [0.3, 0.4) is 0 Å². The van der Waals surface area contributed by atoms with Crippen LogP contribution in [0.1, 0.15) is 16.7 Å². The standard InChI is InChI=1S/C13H22N2O2S/c1-10(9-12-6-5-11(2)18-12)14-13(16)15(3)7-8-17-4/h5-6,10H,7-9H2,1-4H3,(H,14,16). The molecule has 0 saturated carbocycles. The van der Waals surface area contributed by atoms with Crippen LogP contribution >= 0.6 is 11.3 Å². The molecule has 0 fully saturated rings. The highest BCUT2D eigenvalue weighted by molar-refractivity contribution is 7.11. The maximum atomic E-state index is 11.8. The van der Waals surface area contributed by atoms with Gasteiger partial charge in [0.15, 0.2) is 0 Å². The van der Waals surface area contributed by atoms with Crippen LogP contribution in [-0.4, -0.2) is 44.3 Å². The second kappa shape index (κ2) is 7.38. The van der Waals surface area contributed by atoms with Crippen molar-refractivity contribution < 1.29 is 9.53 Å². The maximum absolute atomic E-state index is 11.8. The highest BCUT2D eigenvalue weighted by atomic mass is 32.1. The Labute approximate surface area is 113 Å². The van der Waals surface area contributed by atoms with Gasteiger partial charge in [0.05, 0.1) is 6.61 Å². The molecule has 0 radical (unpaired) electrons. The van der Waals surface area contributed by atoms with Crippen LogP contribution in [0.4, 0.5) is 4.79 Å². The van der Waals surface area contributed by atoms with Crippen molar-refractivity contribution in [2.75, 3.05) is 27.3 Å². The second-order valence-electron chi connectivity index (χ2n) is 4.48. The Morgan fingerprint density at radius 1 is 1.56 bits per heavy atom. The van der Waals surface area contributed by atoms with Crippen LogP contribution in [-0.2, 0) is 11.2 Å². The second-order valence-corrected chi connectivity index (χ2v) is 5.85. The lowest BCUT2D eigenvalue weighted by molar-refractivity contribution is 0.158. The number of hydrogen-bond acceptors (Lipinski definition) is 3. The molecular weight excluding hydrogens is 248 g/mol. The third-order valence-electron chi connectivity index (χ3n) is 2.65. The lowest BCUT2D eigenvalue weighted by atomic mass is 10.2. The van der Waals surface area contributed by atoms with Gasteiger partial charge in [-0.05, 0) is 26.0 Å². The predicted octanol–water partition coefficient (Wildman–Crippen LogP) is 2.28. The van der Waals surface area contributed by atoms with E-state index in [9.17, 15) is 4.79 Å². The summed E-state index contributed by atoms with van der Waals surface area (Å²) in [6.45, 7) is 5.28. The van der Waals surface area contributed by atoms with E-state index >= 15 is 0 Å². The summed E-state index contributed by atoms with van der Waals surface area (Å²) < 4.78 is 4.95. The molecule has 1 aromatic heterocycles. The summed E-state index contributed by atoms with van der Waals surface area (Å²) in [5.41, 5.74) is 0. The molecule has 1 heterocycles. The Morgan fingerprint density at radius 3 is 2.83 bits per heavy atom. The van der Waals surface area contributed by atoms with E-state index in [1.54, 1.807) is 30.4 Å². The lowest BCUT2D eigenvalue weighted by Gasteiger charge is -2.20. The number of carbonyl (C=O) groups is 1. The minimum Gasteiger partial charge on any atom is -0.383 e. The zero-order chi connectivity index (χ0) is 13.5. The van der Waals surface area contributed by atoms with Crippen molar-refractivity contribution >= 4 is 17.4 Å². The van der Waals surface area contributed by atoms with Crippen LogP contribution in [0.15, 0.2) is 12.1 Å². The summed E-state index contributed by atoms with van der Waals surface area (Å²) >= 11 is 1.78. The number of likely N-dealkylation sites (N-methyl/N-ethyl adjacent to an activating group) is 1. The van der Waals surface area contributed by atoms with E-state index in [1.165, 1.54) is 9.75 Å². The van der Waals surface area contributed by atoms with Gasteiger partial charge in [-0.25, -0.2) is 4.79 Å². The average Bonchev–Trinajstić information content (AvgIpc) is 2.71. The van der Waals surface area contributed by atoms with Gasteiger partial charge in [0.25, 0.3) is 0 Å². The molecule has 0 saturated heterocycles. The summed E-state index contributed by atoms with van der Waals surface area (Å²) in [4.78, 5) is 16.1. The molecule has 1 aromatic rings. The highest BCUT2D eigenvalue weighted by Gasteiger charge is 2.12. The van der Waals surface area contributed by atoms with E-state index in [2.05, 4.69) is 24.4 Å². The third-order valence-corrected chi connectivity index (χ3v) is 3.67. The molecule has 5 heteroatoms. The van der Waals surface area contributed by atoms with E-state index < -0.39 is 0 Å². The van der Waals surface area contributed by atoms with E-state index in [1.807, 2.05) is 6.92 Å². The van der Waals surface area contributed by atoms with Gasteiger partial charge in [-0.2, -0.15) is 0 Å². The topological polar surface area (TPSA) is 41.6 Å². The van der Waals surface area contributed by atoms with Gasteiger partial charge in [-0.3, -0.25) is 0 Å². The molecule has 1 atom stereocenters. The summed E-state index contributed by atoms with van der Waals surface area (Å²) in [5.74, 6) is 0. The molecule has 0 spiro atoms. The molecule has 102 valence electrons. The van der Waals surface area contributed by atoms with Crippen molar-refractivity contribution in [3.05, 3.63) is 21.9 Å². The van der Waals surface area contributed by atoms with Gasteiger partial charge >= 0.3 is 6.03 Å². The number of carbonyl (C=O) groups excluding carboxylic acids is 1. The Balaban J connectivity index is 2.35. The number of nitrogens with one attached hydrogen (secondary N) is 1. The van der Waals surface area contributed by atoms with Crippen LogP contribution in [0.25, 0.3) is 0 Å². The fraction of sp³-hybridized carbons (Fsp3) is 0.615. The van der Waals surface area contributed by atoms with Crippen LogP contribution in [0, 0.1) is 6.92 Å². The Hall–Kier alpha value is -1.07. The van der Waals surface area contributed by atoms with Gasteiger partial charge in [-0.15, -0.1) is 11.3 Å². The number of nitrogens with zero attached hydrogens (tertiary/aromatic N) is 1. The van der Waals surface area contributed by atoms with Gasteiger partial charge in [0.2, 0.25) is 0 Å². The number of hydrogen-bond donors (Lipinski definition) is 1. The average molecular weight is 270 g/mol. The normalized spacial score (nSPS) is 12.2. The first-order chi connectivity index (χ1) is 8.52. The van der Waals surface area contributed by atoms with Gasteiger partial charge in [0.1, 0.15) is 0 Å². The maximum Gasteiger partial charge on any atom is 0.317 e. The zero-order valence-corrected chi connectivity index (χ0v) is 12.3. The lowest BCUT2D eigenvalue weighted by Crippen LogP contribution is -2.43. The molecule has 18 heavy (non-hydrogen) atoms. The molecule has 1 N–H and O–H groups in total. The first kappa shape index (κ1) is 15.0. The van der Waals surface area contributed by atoms with Crippen LogP contribution in [0.5, 0.6) is 0 Å². The molecular formula is C13H22N2O2S. The quantitative estimate of drug-likeness (QED) is 0.861. The number of thiophene rings is 1. The summed E-state index contributed by atoms with van der Waals surface area (Å²) in [7, 11) is 3.41. The molecule has 0 bridgehead atoms. The minimum atomic E-state index is -0.0483. The van der Waals surface area contributed by atoms with Crippen molar-refractivity contribution in [1.29, 1.82) is 0 Å². The van der Waals surface area contributed by atoms with Gasteiger partial charge in [-0.1, -0.05) is 0 Å². The zero-order valence-electron chi connectivity index (χ0n) is 11.5. The fourth-order valence-electron chi connectivity index (χ4n) is 1.60. The SMILES string of the molecule is COCCN(C)C(=O)NC(C)Cc1ccc(C)s1. The summed E-state index contributed by atoms with van der Waals surface area (Å²) in [5, 5.41) is 2.98. The number of ether oxygens (including phenoxy) is 1. The largest absolute Gasteiger partial charge is 0.383 e. The Kier molecular flexibility index (Phi) is 6.15. The van der Waals surface area contributed by atoms with Crippen LogP contribution < -0.4 is 5.32 Å². The monoisotopic (exact) mass is 270 g/mol. The molecule has 1 rings (SSSR count). The predicted molar refractivity (Wildman–Crippen MR) is 75.3 cm³/mol.